The average molecular weight is 266 g/mol. The molecule has 0 atom stereocenters. The molecule has 4 heteroatoms. The Kier molecular flexibility index (Phi) is 3.48. The molecule has 0 fully saturated rings. The van der Waals surface area contributed by atoms with Crippen LogP contribution in [0.1, 0.15) is 19.4 Å². The Morgan fingerprint density at radius 1 is 1.20 bits per heavy atom. The van der Waals surface area contributed by atoms with Crippen LogP contribution in [0.2, 0.25) is 0 Å². The van der Waals surface area contributed by atoms with Gasteiger partial charge in [0.1, 0.15) is 6.33 Å². The monoisotopic (exact) mass is 266 g/mol. The van der Waals surface area contributed by atoms with Gasteiger partial charge in [0, 0.05) is 18.8 Å². The zero-order valence-electron chi connectivity index (χ0n) is 11.7. The number of benzene rings is 1. The second-order valence-electron chi connectivity index (χ2n) is 5.19. The van der Waals surface area contributed by atoms with Gasteiger partial charge in [0.25, 0.3) is 0 Å². The van der Waals surface area contributed by atoms with Crippen LogP contribution in [0.5, 0.6) is 0 Å². The van der Waals surface area contributed by atoms with Crippen molar-refractivity contribution in [1.82, 2.24) is 19.9 Å². The molecule has 0 aliphatic heterocycles. The highest BCUT2D eigenvalue weighted by Crippen LogP contribution is 2.17. The molecular weight excluding hydrogens is 248 g/mol. The van der Waals surface area contributed by atoms with E-state index >= 15 is 0 Å². The van der Waals surface area contributed by atoms with Gasteiger partial charge in [-0.25, -0.2) is 4.98 Å². The van der Waals surface area contributed by atoms with Crippen molar-refractivity contribution in [3.05, 3.63) is 54.6 Å². The van der Waals surface area contributed by atoms with E-state index in [9.17, 15) is 0 Å². The van der Waals surface area contributed by atoms with Gasteiger partial charge in [-0.3, -0.25) is 9.55 Å². The lowest BCUT2D eigenvalue weighted by Gasteiger charge is -2.09. The molecule has 2 heterocycles. The summed E-state index contributed by atoms with van der Waals surface area (Å²) in [6.07, 6.45) is 5.62. The first-order valence-corrected chi connectivity index (χ1v) is 6.84. The summed E-state index contributed by atoms with van der Waals surface area (Å²) < 4.78 is 2.07. The predicted octanol–water partition coefficient (Wildman–Crippen LogP) is 2.92. The molecule has 2 aromatic heterocycles. The standard InChI is InChI=1S/C16H18N4/c1-12(2)18-9-13-7-14(10-17-8-13)20-11-19-15-5-3-4-6-16(15)20/h3-8,10-12,18H,9H2,1-2H3. The molecular formula is C16H18N4. The number of hydrogen-bond acceptors (Lipinski definition) is 3. The minimum Gasteiger partial charge on any atom is -0.310 e. The zero-order chi connectivity index (χ0) is 13.9. The molecule has 0 saturated carbocycles. The number of fused-ring (bicyclic) bond motifs is 1. The summed E-state index contributed by atoms with van der Waals surface area (Å²) in [5.74, 6) is 0. The largest absolute Gasteiger partial charge is 0.310 e. The SMILES string of the molecule is CC(C)NCc1cncc(-n2cnc3ccccc32)c1. The lowest BCUT2D eigenvalue weighted by molar-refractivity contribution is 0.588. The van der Waals surface area contributed by atoms with Crippen LogP contribution in [0, 0.1) is 0 Å². The van der Waals surface area contributed by atoms with Crippen molar-refractivity contribution in [2.75, 3.05) is 0 Å². The van der Waals surface area contributed by atoms with Crippen molar-refractivity contribution < 1.29 is 0 Å². The average Bonchev–Trinajstić information content (AvgIpc) is 2.89. The van der Waals surface area contributed by atoms with E-state index in [2.05, 4.69) is 45.8 Å². The normalized spacial score (nSPS) is 11.3. The van der Waals surface area contributed by atoms with Crippen molar-refractivity contribution in [2.45, 2.75) is 26.4 Å². The lowest BCUT2D eigenvalue weighted by Crippen LogP contribution is -2.21. The second-order valence-corrected chi connectivity index (χ2v) is 5.19. The maximum Gasteiger partial charge on any atom is 0.100 e. The molecule has 0 amide bonds. The van der Waals surface area contributed by atoms with Crippen LogP contribution < -0.4 is 5.32 Å². The topological polar surface area (TPSA) is 42.7 Å². The summed E-state index contributed by atoms with van der Waals surface area (Å²) in [6.45, 7) is 5.10. The van der Waals surface area contributed by atoms with Gasteiger partial charge in [0.2, 0.25) is 0 Å². The van der Waals surface area contributed by atoms with Crippen LogP contribution in [0.15, 0.2) is 49.1 Å². The highest BCUT2D eigenvalue weighted by molar-refractivity contribution is 5.77. The summed E-state index contributed by atoms with van der Waals surface area (Å²) in [5, 5.41) is 3.41. The van der Waals surface area contributed by atoms with E-state index in [4.69, 9.17) is 0 Å². The third kappa shape index (κ3) is 2.56. The molecule has 3 aromatic rings. The molecule has 102 valence electrons. The lowest BCUT2D eigenvalue weighted by atomic mass is 10.2. The van der Waals surface area contributed by atoms with Crippen LogP contribution in [-0.4, -0.2) is 20.6 Å². The third-order valence-corrected chi connectivity index (χ3v) is 3.23. The molecule has 20 heavy (non-hydrogen) atoms. The van der Waals surface area contributed by atoms with Crippen molar-refractivity contribution in [3.8, 4) is 5.69 Å². The molecule has 0 radical (unpaired) electrons. The Balaban J connectivity index is 1.95. The van der Waals surface area contributed by atoms with Crippen LogP contribution in [0.25, 0.3) is 16.7 Å². The Bertz CT molecular complexity index is 715. The molecule has 0 spiro atoms. The van der Waals surface area contributed by atoms with Crippen molar-refractivity contribution in [3.63, 3.8) is 0 Å². The van der Waals surface area contributed by atoms with Gasteiger partial charge in [0.15, 0.2) is 0 Å². The van der Waals surface area contributed by atoms with Gasteiger partial charge in [-0.2, -0.15) is 0 Å². The first-order valence-electron chi connectivity index (χ1n) is 6.84. The first kappa shape index (κ1) is 12.8. The molecule has 3 rings (SSSR count). The Morgan fingerprint density at radius 3 is 2.90 bits per heavy atom. The number of aromatic nitrogens is 3. The molecule has 0 aliphatic rings. The van der Waals surface area contributed by atoms with E-state index in [0.717, 1.165) is 23.3 Å². The fourth-order valence-corrected chi connectivity index (χ4v) is 2.19. The molecule has 4 nitrogen and oxygen atoms in total. The smallest absolute Gasteiger partial charge is 0.100 e. The van der Waals surface area contributed by atoms with Crippen LogP contribution in [0.4, 0.5) is 0 Å². The molecule has 0 unspecified atom stereocenters. The van der Waals surface area contributed by atoms with Crippen LogP contribution in [0.3, 0.4) is 0 Å². The maximum absolute atomic E-state index is 4.42. The number of para-hydroxylation sites is 2. The fraction of sp³-hybridized carbons (Fsp3) is 0.250. The Hall–Kier alpha value is -2.20. The van der Waals surface area contributed by atoms with E-state index in [1.807, 2.05) is 36.9 Å². The van der Waals surface area contributed by atoms with Gasteiger partial charge >= 0.3 is 0 Å². The van der Waals surface area contributed by atoms with Crippen molar-refractivity contribution in [1.29, 1.82) is 0 Å². The summed E-state index contributed by atoms with van der Waals surface area (Å²) in [7, 11) is 0. The van der Waals surface area contributed by atoms with Gasteiger partial charge in [-0.15, -0.1) is 0 Å². The van der Waals surface area contributed by atoms with E-state index in [-0.39, 0.29) is 0 Å². The molecule has 0 bridgehead atoms. The minimum atomic E-state index is 0.465. The maximum atomic E-state index is 4.42. The number of rotatable bonds is 4. The highest BCUT2D eigenvalue weighted by Gasteiger charge is 2.05. The zero-order valence-corrected chi connectivity index (χ0v) is 11.7. The molecule has 0 aliphatic carbocycles. The van der Waals surface area contributed by atoms with Crippen molar-refractivity contribution in [2.24, 2.45) is 0 Å². The minimum absolute atomic E-state index is 0.465. The van der Waals surface area contributed by atoms with E-state index in [1.165, 1.54) is 5.56 Å². The fourth-order valence-electron chi connectivity index (χ4n) is 2.19. The summed E-state index contributed by atoms with van der Waals surface area (Å²) in [4.78, 5) is 8.76. The van der Waals surface area contributed by atoms with E-state index < -0.39 is 0 Å². The van der Waals surface area contributed by atoms with Gasteiger partial charge in [-0.05, 0) is 23.8 Å². The van der Waals surface area contributed by atoms with Crippen molar-refractivity contribution >= 4 is 11.0 Å². The number of imidazole rings is 1. The quantitative estimate of drug-likeness (QED) is 0.789. The highest BCUT2D eigenvalue weighted by atomic mass is 15.1. The number of hydrogen-bond donors (Lipinski definition) is 1. The second kappa shape index (κ2) is 5.43. The van der Waals surface area contributed by atoms with Crippen LogP contribution >= 0.6 is 0 Å². The van der Waals surface area contributed by atoms with Crippen LogP contribution in [-0.2, 0) is 6.54 Å². The summed E-state index contributed by atoms with van der Waals surface area (Å²) >= 11 is 0. The number of nitrogens with one attached hydrogen (secondary N) is 1. The Morgan fingerprint density at radius 2 is 2.05 bits per heavy atom. The Labute approximate surface area is 118 Å². The van der Waals surface area contributed by atoms with Gasteiger partial charge in [-0.1, -0.05) is 26.0 Å². The van der Waals surface area contributed by atoms with E-state index in [1.54, 1.807) is 0 Å². The molecule has 0 saturated heterocycles. The molecule has 1 N–H and O–H groups in total. The number of pyridine rings is 1. The predicted molar refractivity (Wildman–Crippen MR) is 80.8 cm³/mol. The van der Waals surface area contributed by atoms with Gasteiger partial charge < -0.3 is 5.32 Å². The third-order valence-electron chi connectivity index (χ3n) is 3.23. The van der Waals surface area contributed by atoms with Gasteiger partial charge in [0.05, 0.1) is 22.9 Å². The first-order chi connectivity index (χ1) is 9.74. The number of nitrogens with zero attached hydrogens (tertiary/aromatic N) is 3. The summed E-state index contributed by atoms with van der Waals surface area (Å²) in [5.41, 5.74) is 4.32. The van der Waals surface area contributed by atoms with E-state index in [0.29, 0.717) is 6.04 Å². The molecule has 1 aromatic carbocycles. The summed E-state index contributed by atoms with van der Waals surface area (Å²) in [6, 6.07) is 10.7.